The van der Waals surface area contributed by atoms with Crippen molar-refractivity contribution in [2.45, 2.75) is 19.9 Å². The van der Waals surface area contributed by atoms with Crippen LogP contribution in [0.2, 0.25) is 0 Å². The summed E-state index contributed by atoms with van der Waals surface area (Å²) in [5.74, 6) is 1.67. The van der Waals surface area contributed by atoms with Gasteiger partial charge in [-0.1, -0.05) is 18.2 Å². The molecule has 0 aliphatic heterocycles. The number of methoxy groups -OCH3 is 2. The van der Waals surface area contributed by atoms with Crippen LogP contribution in [0.3, 0.4) is 0 Å². The molecule has 3 nitrogen and oxygen atoms in total. The summed E-state index contributed by atoms with van der Waals surface area (Å²) in [6.07, 6.45) is 0. The van der Waals surface area contributed by atoms with E-state index in [0.717, 1.165) is 33.8 Å². The molecule has 0 aliphatic carbocycles. The average molecular weight is 271 g/mol. The Morgan fingerprint density at radius 2 is 1.60 bits per heavy atom. The standard InChI is InChI=1S/C17H21NO2/c1-11-5-7-15(16(9-11)20-4)17(18)14-8-6-13(19-3)10-12(14)2/h5-10,17H,18H2,1-4H3. The fourth-order valence-electron chi connectivity index (χ4n) is 2.37. The average Bonchev–Trinajstić information content (AvgIpc) is 2.46. The Balaban J connectivity index is 2.43. The molecule has 106 valence electrons. The monoisotopic (exact) mass is 271 g/mol. The van der Waals surface area contributed by atoms with Gasteiger partial charge < -0.3 is 15.2 Å². The van der Waals surface area contributed by atoms with Gasteiger partial charge in [-0.3, -0.25) is 0 Å². The summed E-state index contributed by atoms with van der Waals surface area (Å²) in [7, 11) is 3.34. The van der Waals surface area contributed by atoms with Gasteiger partial charge in [0.1, 0.15) is 11.5 Å². The van der Waals surface area contributed by atoms with Crippen LogP contribution >= 0.6 is 0 Å². The molecule has 2 aromatic rings. The predicted molar refractivity (Wildman–Crippen MR) is 81.5 cm³/mol. The van der Waals surface area contributed by atoms with Crippen LogP contribution in [0.1, 0.15) is 28.3 Å². The molecule has 0 bridgehead atoms. The maximum Gasteiger partial charge on any atom is 0.124 e. The van der Waals surface area contributed by atoms with Gasteiger partial charge in [0.05, 0.1) is 20.3 Å². The topological polar surface area (TPSA) is 44.5 Å². The fraction of sp³-hybridized carbons (Fsp3) is 0.294. The molecule has 20 heavy (non-hydrogen) atoms. The first kappa shape index (κ1) is 14.4. The summed E-state index contributed by atoms with van der Waals surface area (Å²) in [5.41, 5.74) is 10.8. The van der Waals surface area contributed by atoms with E-state index in [2.05, 4.69) is 6.07 Å². The van der Waals surface area contributed by atoms with E-state index in [-0.39, 0.29) is 6.04 Å². The number of hydrogen-bond donors (Lipinski definition) is 1. The largest absolute Gasteiger partial charge is 0.497 e. The fourth-order valence-corrected chi connectivity index (χ4v) is 2.37. The van der Waals surface area contributed by atoms with E-state index >= 15 is 0 Å². The van der Waals surface area contributed by atoms with Crippen molar-refractivity contribution in [1.29, 1.82) is 0 Å². The minimum atomic E-state index is -0.212. The molecule has 1 atom stereocenters. The van der Waals surface area contributed by atoms with Gasteiger partial charge in [0.15, 0.2) is 0 Å². The number of hydrogen-bond acceptors (Lipinski definition) is 3. The molecule has 0 amide bonds. The first-order chi connectivity index (χ1) is 9.56. The van der Waals surface area contributed by atoms with Crippen molar-refractivity contribution < 1.29 is 9.47 Å². The Kier molecular flexibility index (Phi) is 4.30. The van der Waals surface area contributed by atoms with Gasteiger partial charge in [-0.15, -0.1) is 0 Å². The number of rotatable bonds is 4. The number of ether oxygens (including phenoxy) is 2. The molecule has 0 heterocycles. The van der Waals surface area contributed by atoms with Gasteiger partial charge in [0.25, 0.3) is 0 Å². The molecule has 2 rings (SSSR count). The van der Waals surface area contributed by atoms with E-state index in [1.54, 1.807) is 14.2 Å². The minimum Gasteiger partial charge on any atom is -0.497 e. The summed E-state index contributed by atoms with van der Waals surface area (Å²) in [6.45, 7) is 4.08. The lowest BCUT2D eigenvalue weighted by atomic mass is 9.94. The van der Waals surface area contributed by atoms with Crippen LogP contribution in [-0.4, -0.2) is 14.2 Å². The zero-order valence-corrected chi connectivity index (χ0v) is 12.4. The molecule has 2 aromatic carbocycles. The van der Waals surface area contributed by atoms with Gasteiger partial charge in [-0.2, -0.15) is 0 Å². The Labute approximate surface area is 120 Å². The van der Waals surface area contributed by atoms with Crippen LogP contribution in [0, 0.1) is 13.8 Å². The first-order valence-electron chi connectivity index (χ1n) is 6.61. The lowest BCUT2D eigenvalue weighted by molar-refractivity contribution is 0.407. The van der Waals surface area contributed by atoms with Crippen molar-refractivity contribution in [1.82, 2.24) is 0 Å². The summed E-state index contributed by atoms with van der Waals surface area (Å²) in [4.78, 5) is 0. The van der Waals surface area contributed by atoms with Gasteiger partial charge in [-0.05, 0) is 48.7 Å². The molecule has 1 unspecified atom stereocenters. The van der Waals surface area contributed by atoms with Crippen LogP contribution < -0.4 is 15.2 Å². The number of nitrogens with two attached hydrogens (primary N) is 1. The third kappa shape index (κ3) is 2.78. The SMILES string of the molecule is COc1ccc(C(N)c2ccc(C)cc2OC)c(C)c1. The molecule has 0 radical (unpaired) electrons. The van der Waals surface area contributed by atoms with Gasteiger partial charge in [0.2, 0.25) is 0 Å². The highest BCUT2D eigenvalue weighted by atomic mass is 16.5. The third-order valence-corrected chi connectivity index (χ3v) is 3.54. The third-order valence-electron chi connectivity index (χ3n) is 3.54. The second-order valence-corrected chi connectivity index (χ2v) is 4.95. The van der Waals surface area contributed by atoms with Crippen LogP contribution in [0.5, 0.6) is 11.5 Å². The summed E-state index contributed by atoms with van der Waals surface area (Å²) >= 11 is 0. The zero-order valence-electron chi connectivity index (χ0n) is 12.4. The first-order valence-corrected chi connectivity index (χ1v) is 6.61. The van der Waals surface area contributed by atoms with Crippen LogP contribution in [-0.2, 0) is 0 Å². The van der Waals surface area contributed by atoms with Gasteiger partial charge in [0, 0.05) is 5.56 Å². The lowest BCUT2D eigenvalue weighted by Gasteiger charge is -2.19. The second kappa shape index (κ2) is 5.97. The second-order valence-electron chi connectivity index (χ2n) is 4.95. The summed E-state index contributed by atoms with van der Waals surface area (Å²) < 4.78 is 10.7. The molecule has 0 saturated carbocycles. The Hall–Kier alpha value is -2.00. The Morgan fingerprint density at radius 3 is 2.20 bits per heavy atom. The Morgan fingerprint density at radius 1 is 0.900 bits per heavy atom. The lowest BCUT2D eigenvalue weighted by Crippen LogP contribution is -2.14. The maximum atomic E-state index is 6.41. The number of benzene rings is 2. The molecule has 3 heteroatoms. The maximum absolute atomic E-state index is 6.41. The van der Waals surface area contributed by atoms with Crippen molar-refractivity contribution in [3.63, 3.8) is 0 Å². The molecule has 0 fully saturated rings. The quantitative estimate of drug-likeness (QED) is 0.927. The van der Waals surface area contributed by atoms with Crippen LogP contribution in [0.15, 0.2) is 36.4 Å². The van der Waals surface area contributed by atoms with E-state index in [4.69, 9.17) is 15.2 Å². The summed E-state index contributed by atoms with van der Waals surface area (Å²) in [6, 6.07) is 11.8. The molecule has 0 aromatic heterocycles. The van der Waals surface area contributed by atoms with Gasteiger partial charge in [-0.25, -0.2) is 0 Å². The van der Waals surface area contributed by atoms with Crippen molar-refractivity contribution >= 4 is 0 Å². The normalized spacial score (nSPS) is 12.1. The molecular weight excluding hydrogens is 250 g/mol. The van der Waals surface area contributed by atoms with E-state index < -0.39 is 0 Å². The van der Waals surface area contributed by atoms with E-state index in [9.17, 15) is 0 Å². The molecular formula is C17H21NO2. The smallest absolute Gasteiger partial charge is 0.124 e. The Bertz CT molecular complexity index is 608. The van der Waals surface area contributed by atoms with E-state index in [1.165, 1.54) is 0 Å². The van der Waals surface area contributed by atoms with Crippen molar-refractivity contribution in [2.24, 2.45) is 5.73 Å². The highest BCUT2D eigenvalue weighted by Crippen LogP contribution is 2.31. The van der Waals surface area contributed by atoms with Crippen LogP contribution in [0.4, 0.5) is 0 Å². The van der Waals surface area contributed by atoms with Crippen molar-refractivity contribution in [3.8, 4) is 11.5 Å². The predicted octanol–water partition coefficient (Wildman–Crippen LogP) is 3.37. The highest BCUT2D eigenvalue weighted by Gasteiger charge is 2.16. The van der Waals surface area contributed by atoms with Crippen molar-refractivity contribution in [3.05, 3.63) is 58.7 Å². The van der Waals surface area contributed by atoms with E-state index in [1.807, 2.05) is 44.2 Å². The number of aryl methyl sites for hydroxylation is 2. The molecule has 0 aliphatic rings. The van der Waals surface area contributed by atoms with Crippen LogP contribution in [0.25, 0.3) is 0 Å². The highest BCUT2D eigenvalue weighted by molar-refractivity contribution is 5.46. The summed E-state index contributed by atoms with van der Waals surface area (Å²) in [5, 5.41) is 0. The zero-order chi connectivity index (χ0) is 14.7. The molecule has 0 saturated heterocycles. The van der Waals surface area contributed by atoms with Crippen molar-refractivity contribution in [2.75, 3.05) is 14.2 Å². The molecule has 2 N–H and O–H groups in total. The minimum absolute atomic E-state index is 0.212. The van der Waals surface area contributed by atoms with Gasteiger partial charge >= 0.3 is 0 Å². The van der Waals surface area contributed by atoms with E-state index in [0.29, 0.717) is 0 Å². The molecule has 0 spiro atoms.